The van der Waals surface area contributed by atoms with Crippen molar-refractivity contribution in [2.45, 2.75) is 20.4 Å². The van der Waals surface area contributed by atoms with Crippen LogP contribution in [0.1, 0.15) is 19.4 Å². The van der Waals surface area contributed by atoms with Gasteiger partial charge in [-0.1, -0.05) is 26.0 Å². The Morgan fingerprint density at radius 1 is 1.04 bits per heavy atom. The predicted molar refractivity (Wildman–Crippen MR) is 117 cm³/mol. The fourth-order valence-corrected chi connectivity index (χ4v) is 2.02. The topological polar surface area (TPSA) is 88.7 Å². The van der Waals surface area contributed by atoms with Crippen LogP contribution < -0.4 is 21.1 Å². The molecule has 0 saturated heterocycles. The van der Waals surface area contributed by atoms with Crippen molar-refractivity contribution >= 4 is 47.2 Å². The molecular formula is C19H25IN4O2. The first kappa shape index (κ1) is 21.8. The van der Waals surface area contributed by atoms with Gasteiger partial charge in [0.15, 0.2) is 5.96 Å². The number of guanidine groups is 1. The van der Waals surface area contributed by atoms with Crippen LogP contribution in [-0.2, 0) is 11.3 Å². The number of nitrogens with zero attached hydrogens (tertiary/aromatic N) is 1. The van der Waals surface area contributed by atoms with Crippen molar-refractivity contribution in [1.29, 1.82) is 0 Å². The maximum absolute atomic E-state index is 11.7. The van der Waals surface area contributed by atoms with Crippen LogP contribution in [0.15, 0.2) is 53.5 Å². The summed E-state index contributed by atoms with van der Waals surface area (Å²) in [5.41, 5.74) is 8.52. The molecular weight excluding hydrogens is 443 g/mol. The van der Waals surface area contributed by atoms with Gasteiger partial charge in [0.1, 0.15) is 5.75 Å². The summed E-state index contributed by atoms with van der Waals surface area (Å²) in [5, 5.41) is 5.88. The van der Waals surface area contributed by atoms with Crippen LogP contribution in [0.5, 0.6) is 5.75 Å². The summed E-state index contributed by atoms with van der Waals surface area (Å²) in [7, 11) is 1.62. The Labute approximate surface area is 171 Å². The second kappa shape index (κ2) is 10.6. The summed E-state index contributed by atoms with van der Waals surface area (Å²) in [4.78, 5) is 16.0. The molecule has 0 spiro atoms. The maximum atomic E-state index is 11.7. The highest BCUT2D eigenvalue weighted by molar-refractivity contribution is 14.0. The van der Waals surface area contributed by atoms with Crippen LogP contribution in [0.4, 0.5) is 11.4 Å². The molecule has 0 radical (unpaired) electrons. The zero-order valence-electron chi connectivity index (χ0n) is 15.2. The van der Waals surface area contributed by atoms with Crippen LogP contribution in [0, 0.1) is 5.92 Å². The third kappa shape index (κ3) is 6.91. The quantitative estimate of drug-likeness (QED) is 0.342. The third-order valence-corrected chi connectivity index (χ3v) is 3.54. The minimum Gasteiger partial charge on any atom is -0.497 e. The number of anilines is 2. The van der Waals surface area contributed by atoms with E-state index in [0.717, 1.165) is 22.7 Å². The Hall–Kier alpha value is -2.29. The lowest BCUT2D eigenvalue weighted by atomic mass is 10.2. The molecule has 140 valence electrons. The zero-order valence-corrected chi connectivity index (χ0v) is 17.5. The summed E-state index contributed by atoms with van der Waals surface area (Å²) < 4.78 is 5.11. The summed E-state index contributed by atoms with van der Waals surface area (Å²) in [6.07, 6.45) is 0. The number of methoxy groups -OCH3 is 1. The number of nitrogens with two attached hydrogens (primary N) is 1. The van der Waals surface area contributed by atoms with Crippen molar-refractivity contribution in [1.82, 2.24) is 0 Å². The number of hydrogen-bond acceptors (Lipinski definition) is 3. The van der Waals surface area contributed by atoms with Crippen LogP contribution in [-0.4, -0.2) is 19.0 Å². The largest absolute Gasteiger partial charge is 0.497 e. The molecule has 2 aromatic carbocycles. The van der Waals surface area contributed by atoms with E-state index in [2.05, 4.69) is 15.6 Å². The Bertz CT molecular complexity index is 728. The van der Waals surface area contributed by atoms with Crippen molar-refractivity contribution in [2.24, 2.45) is 16.6 Å². The van der Waals surface area contributed by atoms with E-state index in [1.807, 2.05) is 62.4 Å². The Morgan fingerprint density at radius 2 is 1.58 bits per heavy atom. The highest BCUT2D eigenvalue weighted by Crippen LogP contribution is 2.15. The molecule has 0 heterocycles. The highest BCUT2D eigenvalue weighted by atomic mass is 127. The van der Waals surface area contributed by atoms with Crippen LogP contribution >= 0.6 is 24.0 Å². The number of benzene rings is 2. The molecule has 2 aromatic rings. The van der Waals surface area contributed by atoms with Gasteiger partial charge in [-0.3, -0.25) is 4.79 Å². The number of nitrogens with one attached hydrogen (secondary N) is 2. The van der Waals surface area contributed by atoms with Gasteiger partial charge in [0.25, 0.3) is 0 Å². The lowest BCUT2D eigenvalue weighted by Gasteiger charge is -2.08. The molecule has 0 atom stereocenters. The van der Waals surface area contributed by atoms with E-state index < -0.39 is 0 Å². The summed E-state index contributed by atoms with van der Waals surface area (Å²) >= 11 is 0. The molecule has 4 N–H and O–H groups in total. The van der Waals surface area contributed by atoms with Crippen LogP contribution in [0.2, 0.25) is 0 Å². The average molecular weight is 468 g/mol. The number of carbonyl (C=O) groups is 1. The van der Waals surface area contributed by atoms with E-state index in [4.69, 9.17) is 10.5 Å². The zero-order chi connectivity index (χ0) is 18.2. The second-order valence-electron chi connectivity index (χ2n) is 5.90. The fraction of sp³-hybridized carbons (Fsp3) is 0.263. The van der Waals surface area contributed by atoms with Gasteiger partial charge in [0.05, 0.1) is 13.7 Å². The molecule has 0 bridgehead atoms. The van der Waals surface area contributed by atoms with E-state index in [1.165, 1.54) is 0 Å². The monoisotopic (exact) mass is 468 g/mol. The fourth-order valence-electron chi connectivity index (χ4n) is 2.02. The van der Waals surface area contributed by atoms with Crippen molar-refractivity contribution in [2.75, 3.05) is 17.7 Å². The number of aliphatic imine (C=N–C) groups is 1. The minimum absolute atomic E-state index is 0. The third-order valence-electron chi connectivity index (χ3n) is 3.54. The molecule has 2 rings (SSSR count). The highest BCUT2D eigenvalue weighted by Gasteiger charge is 2.06. The normalized spacial score (nSPS) is 10.8. The molecule has 0 saturated carbocycles. The standard InChI is InChI=1S/C19H24N4O2.HI/c1-13(2)18(24)22-15-6-4-14(5-7-15)12-21-19(20)23-16-8-10-17(25-3)11-9-16;/h4-11,13H,12H2,1-3H3,(H,22,24)(H3,20,21,23);1H. The molecule has 6 nitrogen and oxygen atoms in total. The number of rotatable bonds is 6. The first-order valence-electron chi connectivity index (χ1n) is 8.08. The number of hydrogen-bond donors (Lipinski definition) is 3. The molecule has 1 amide bonds. The summed E-state index contributed by atoms with van der Waals surface area (Å²) in [6, 6.07) is 15.0. The smallest absolute Gasteiger partial charge is 0.226 e. The number of carbonyl (C=O) groups excluding carboxylic acids is 1. The Morgan fingerprint density at radius 3 is 2.12 bits per heavy atom. The van der Waals surface area contributed by atoms with Gasteiger partial charge in [0.2, 0.25) is 5.91 Å². The van der Waals surface area contributed by atoms with E-state index in [1.54, 1.807) is 7.11 Å². The van der Waals surface area contributed by atoms with Gasteiger partial charge in [0, 0.05) is 17.3 Å². The van der Waals surface area contributed by atoms with Crippen LogP contribution in [0.25, 0.3) is 0 Å². The van der Waals surface area contributed by atoms with E-state index >= 15 is 0 Å². The predicted octanol–water partition coefficient (Wildman–Crippen LogP) is 3.83. The van der Waals surface area contributed by atoms with Gasteiger partial charge in [-0.25, -0.2) is 4.99 Å². The first-order valence-corrected chi connectivity index (χ1v) is 8.08. The summed E-state index contributed by atoms with van der Waals surface area (Å²) in [6.45, 7) is 4.17. The van der Waals surface area contributed by atoms with Crippen molar-refractivity contribution in [3.63, 3.8) is 0 Å². The number of halogens is 1. The molecule has 26 heavy (non-hydrogen) atoms. The molecule has 0 aliphatic rings. The van der Waals surface area contributed by atoms with Gasteiger partial charge in [-0.15, -0.1) is 24.0 Å². The van der Waals surface area contributed by atoms with Crippen LogP contribution in [0.3, 0.4) is 0 Å². The molecule has 0 aliphatic heterocycles. The lowest BCUT2D eigenvalue weighted by molar-refractivity contribution is -0.118. The first-order chi connectivity index (χ1) is 12.0. The Kier molecular flexibility index (Phi) is 8.91. The SMILES string of the molecule is COc1ccc(NC(N)=NCc2ccc(NC(=O)C(C)C)cc2)cc1.I. The molecule has 0 aliphatic carbocycles. The van der Waals surface area contributed by atoms with Gasteiger partial charge in [-0.2, -0.15) is 0 Å². The Balaban J connectivity index is 0.00000338. The number of amides is 1. The van der Waals surface area contributed by atoms with Crippen molar-refractivity contribution in [3.05, 3.63) is 54.1 Å². The van der Waals surface area contributed by atoms with Gasteiger partial charge in [-0.05, 0) is 42.0 Å². The van der Waals surface area contributed by atoms with E-state index in [0.29, 0.717) is 12.5 Å². The van der Waals surface area contributed by atoms with Crippen molar-refractivity contribution in [3.8, 4) is 5.75 Å². The molecule has 7 heteroatoms. The average Bonchev–Trinajstić information content (AvgIpc) is 2.61. The van der Waals surface area contributed by atoms with E-state index in [-0.39, 0.29) is 35.8 Å². The van der Waals surface area contributed by atoms with Gasteiger partial charge >= 0.3 is 0 Å². The molecule has 0 aromatic heterocycles. The molecule has 0 unspecified atom stereocenters. The van der Waals surface area contributed by atoms with Gasteiger partial charge < -0.3 is 21.1 Å². The molecule has 0 fully saturated rings. The maximum Gasteiger partial charge on any atom is 0.226 e. The lowest BCUT2D eigenvalue weighted by Crippen LogP contribution is -2.22. The number of ether oxygens (including phenoxy) is 1. The van der Waals surface area contributed by atoms with Crippen molar-refractivity contribution < 1.29 is 9.53 Å². The minimum atomic E-state index is -0.0481. The van der Waals surface area contributed by atoms with E-state index in [9.17, 15) is 4.79 Å². The second-order valence-corrected chi connectivity index (χ2v) is 5.90. The summed E-state index contributed by atoms with van der Waals surface area (Å²) in [5.74, 6) is 1.07.